The molecule has 2 nitrogen and oxygen atoms in total. The van der Waals surface area contributed by atoms with Crippen molar-refractivity contribution in [2.75, 3.05) is 6.61 Å². The highest BCUT2D eigenvalue weighted by molar-refractivity contribution is 5.83. The average molecular weight is 294 g/mol. The van der Waals surface area contributed by atoms with E-state index in [-0.39, 0.29) is 23.7 Å². The Kier molecular flexibility index (Phi) is 4.07. The van der Waals surface area contributed by atoms with E-state index in [2.05, 4.69) is 0 Å². The molecule has 2 aliphatic rings. The molecule has 0 aromatic heterocycles. The molecule has 1 aliphatic heterocycles. The SMILES string of the molecule is O=C(Cc1ccc(F)c(F)c1)C1CCOC2(CCCC2)C1. The monoisotopic (exact) mass is 294 g/mol. The molecule has 1 spiro atoms. The zero-order chi connectivity index (χ0) is 14.9. The molecule has 114 valence electrons. The van der Waals surface area contributed by atoms with Gasteiger partial charge in [-0.15, -0.1) is 0 Å². The molecule has 1 saturated carbocycles. The van der Waals surface area contributed by atoms with Crippen LogP contribution in [0, 0.1) is 17.6 Å². The van der Waals surface area contributed by atoms with Crippen LogP contribution in [0.2, 0.25) is 0 Å². The van der Waals surface area contributed by atoms with Gasteiger partial charge < -0.3 is 4.74 Å². The topological polar surface area (TPSA) is 26.3 Å². The molecular weight excluding hydrogens is 274 g/mol. The molecule has 1 saturated heterocycles. The van der Waals surface area contributed by atoms with E-state index in [1.165, 1.54) is 18.9 Å². The van der Waals surface area contributed by atoms with Crippen LogP contribution in [0.5, 0.6) is 0 Å². The molecule has 0 amide bonds. The summed E-state index contributed by atoms with van der Waals surface area (Å²) >= 11 is 0. The molecule has 3 rings (SSSR count). The van der Waals surface area contributed by atoms with Crippen molar-refractivity contribution in [2.45, 2.75) is 50.5 Å². The standard InChI is InChI=1S/C17H20F2O2/c18-14-4-3-12(9-15(14)19)10-16(20)13-5-8-21-17(11-13)6-1-2-7-17/h3-4,9,13H,1-2,5-8,10-11H2. The lowest BCUT2D eigenvalue weighted by molar-refractivity contribution is -0.135. The number of hydrogen-bond acceptors (Lipinski definition) is 2. The van der Waals surface area contributed by atoms with Crippen molar-refractivity contribution in [1.29, 1.82) is 0 Å². The van der Waals surface area contributed by atoms with Gasteiger partial charge in [-0.3, -0.25) is 4.79 Å². The first-order valence-corrected chi connectivity index (χ1v) is 7.69. The van der Waals surface area contributed by atoms with Crippen molar-refractivity contribution < 1.29 is 18.3 Å². The normalized spacial score (nSPS) is 24.4. The van der Waals surface area contributed by atoms with Crippen LogP contribution in [-0.4, -0.2) is 18.0 Å². The van der Waals surface area contributed by atoms with Crippen molar-refractivity contribution in [3.05, 3.63) is 35.4 Å². The van der Waals surface area contributed by atoms with Gasteiger partial charge in [0.2, 0.25) is 0 Å². The molecule has 0 radical (unpaired) electrons. The van der Waals surface area contributed by atoms with E-state index in [0.29, 0.717) is 12.2 Å². The highest BCUT2D eigenvalue weighted by atomic mass is 19.2. The largest absolute Gasteiger partial charge is 0.375 e. The summed E-state index contributed by atoms with van der Waals surface area (Å²) in [5.74, 6) is -1.65. The molecule has 1 atom stereocenters. The summed E-state index contributed by atoms with van der Waals surface area (Å²) in [6.45, 7) is 0.633. The first-order valence-electron chi connectivity index (χ1n) is 7.69. The third-order valence-electron chi connectivity index (χ3n) is 4.83. The van der Waals surface area contributed by atoms with Crippen LogP contribution >= 0.6 is 0 Å². The lowest BCUT2D eigenvalue weighted by Gasteiger charge is -2.37. The maximum atomic E-state index is 13.2. The van der Waals surface area contributed by atoms with Crippen molar-refractivity contribution in [1.82, 2.24) is 0 Å². The Bertz CT molecular complexity index is 536. The first kappa shape index (κ1) is 14.6. The summed E-state index contributed by atoms with van der Waals surface area (Å²) in [5, 5.41) is 0. The fourth-order valence-corrected chi connectivity index (χ4v) is 3.67. The maximum Gasteiger partial charge on any atom is 0.159 e. The molecule has 1 heterocycles. The quantitative estimate of drug-likeness (QED) is 0.847. The number of carbonyl (C=O) groups is 1. The molecular formula is C17H20F2O2. The van der Waals surface area contributed by atoms with E-state index in [1.54, 1.807) is 0 Å². The highest BCUT2D eigenvalue weighted by Crippen LogP contribution is 2.42. The number of ketones is 1. The van der Waals surface area contributed by atoms with E-state index >= 15 is 0 Å². The van der Waals surface area contributed by atoms with Gasteiger partial charge in [0.05, 0.1) is 5.60 Å². The second-order valence-corrected chi connectivity index (χ2v) is 6.32. The average Bonchev–Trinajstić information content (AvgIpc) is 2.91. The van der Waals surface area contributed by atoms with Crippen LogP contribution in [-0.2, 0) is 16.0 Å². The Hall–Kier alpha value is -1.29. The van der Waals surface area contributed by atoms with Crippen LogP contribution in [0.3, 0.4) is 0 Å². The predicted octanol–water partition coefficient (Wildman–Crippen LogP) is 3.82. The third kappa shape index (κ3) is 3.15. The van der Waals surface area contributed by atoms with Crippen LogP contribution < -0.4 is 0 Å². The zero-order valence-electron chi connectivity index (χ0n) is 12.0. The van der Waals surface area contributed by atoms with E-state index in [9.17, 15) is 13.6 Å². The molecule has 1 aliphatic carbocycles. The van der Waals surface area contributed by atoms with Crippen molar-refractivity contribution >= 4 is 5.78 Å². The van der Waals surface area contributed by atoms with Crippen LogP contribution in [0.25, 0.3) is 0 Å². The number of Topliss-reactive ketones (excluding diaryl/α,β-unsaturated/α-hetero) is 1. The van der Waals surface area contributed by atoms with Gasteiger partial charge >= 0.3 is 0 Å². The fraction of sp³-hybridized carbons (Fsp3) is 0.588. The van der Waals surface area contributed by atoms with Gasteiger partial charge in [-0.05, 0) is 43.4 Å². The number of benzene rings is 1. The third-order valence-corrected chi connectivity index (χ3v) is 4.83. The molecule has 1 aromatic rings. The van der Waals surface area contributed by atoms with Crippen LogP contribution in [0.1, 0.15) is 44.1 Å². The Morgan fingerprint density at radius 1 is 1.24 bits per heavy atom. The van der Waals surface area contributed by atoms with Gasteiger partial charge in [-0.2, -0.15) is 0 Å². The molecule has 1 unspecified atom stereocenters. The van der Waals surface area contributed by atoms with Gasteiger partial charge in [-0.1, -0.05) is 18.9 Å². The fourth-order valence-electron chi connectivity index (χ4n) is 3.67. The van der Waals surface area contributed by atoms with E-state index in [0.717, 1.165) is 37.8 Å². The van der Waals surface area contributed by atoms with Gasteiger partial charge in [0.1, 0.15) is 5.78 Å². The second kappa shape index (κ2) is 5.84. The van der Waals surface area contributed by atoms with Crippen LogP contribution in [0.15, 0.2) is 18.2 Å². The minimum absolute atomic E-state index is 0.00929. The van der Waals surface area contributed by atoms with Gasteiger partial charge in [0, 0.05) is 18.9 Å². The van der Waals surface area contributed by atoms with Gasteiger partial charge in [0.25, 0.3) is 0 Å². The number of rotatable bonds is 3. The predicted molar refractivity (Wildman–Crippen MR) is 74.9 cm³/mol. The van der Waals surface area contributed by atoms with Crippen LogP contribution in [0.4, 0.5) is 8.78 Å². The summed E-state index contributed by atoms with van der Waals surface area (Å²) in [6.07, 6.45) is 6.13. The number of halogens is 2. The highest BCUT2D eigenvalue weighted by Gasteiger charge is 2.41. The molecule has 2 fully saturated rings. The van der Waals surface area contributed by atoms with Gasteiger partial charge in [-0.25, -0.2) is 8.78 Å². The van der Waals surface area contributed by atoms with Crippen molar-refractivity contribution in [3.63, 3.8) is 0 Å². The van der Waals surface area contributed by atoms with E-state index < -0.39 is 11.6 Å². The summed E-state index contributed by atoms with van der Waals surface area (Å²) in [6, 6.07) is 3.69. The van der Waals surface area contributed by atoms with Crippen molar-refractivity contribution in [3.8, 4) is 0 Å². The summed E-state index contributed by atoms with van der Waals surface area (Å²) in [7, 11) is 0. The smallest absolute Gasteiger partial charge is 0.159 e. The zero-order valence-corrected chi connectivity index (χ0v) is 12.0. The maximum absolute atomic E-state index is 13.2. The number of ether oxygens (including phenoxy) is 1. The molecule has 4 heteroatoms. The molecule has 0 N–H and O–H groups in total. The summed E-state index contributed by atoms with van der Waals surface area (Å²) in [5.41, 5.74) is 0.456. The Labute approximate surface area is 123 Å². The summed E-state index contributed by atoms with van der Waals surface area (Å²) < 4.78 is 32.1. The Balaban J connectivity index is 1.65. The van der Waals surface area contributed by atoms with E-state index in [4.69, 9.17) is 4.74 Å². The number of hydrogen-bond donors (Lipinski definition) is 0. The minimum Gasteiger partial charge on any atom is -0.375 e. The molecule has 0 bridgehead atoms. The molecule has 21 heavy (non-hydrogen) atoms. The Morgan fingerprint density at radius 2 is 2.00 bits per heavy atom. The Morgan fingerprint density at radius 3 is 2.71 bits per heavy atom. The van der Waals surface area contributed by atoms with E-state index in [1.807, 2.05) is 0 Å². The first-order chi connectivity index (χ1) is 10.1. The summed E-state index contributed by atoms with van der Waals surface area (Å²) in [4.78, 5) is 12.4. The minimum atomic E-state index is -0.889. The second-order valence-electron chi connectivity index (χ2n) is 6.32. The molecule has 1 aromatic carbocycles. The van der Waals surface area contributed by atoms with Gasteiger partial charge in [0.15, 0.2) is 11.6 Å². The van der Waals surface area contributed by atoms with Crippen molar-refractivity contribution in [2.24, 2.45) is 5.92 Å². The number of carbonyl (C=O) groups excluding carboxylic acids is 1. The lowest BCUT2D eigenvalue weighted by atomic mass is 9.81. The lowest BCUT2D eigenvalue weighted by Crippen LogP contribution is -2.40.